The maximum absolute atomic E-state index is 10.8. The molecule has 0 bridgehead atoms. The lowest BCUT2D eigenvalue weighted by molar-refractivity contribution is -0.113. The molecule has 12 heavy (non-hydrogen) atoms. The summed E-state index contributed by atoms with van der Waals surface area (Å²) in [4.78, 5) is 10.8. The number of carbonyl (C=O) groups excluding carboxylic acids is 1. The zero-order valence-corrected chi connectivity index (χ0v) is 7.92. The fourth-order valence-electron chi connectivity index (χ4n) is 0.970. The van der Waals surface area contributed by atoms with Gasteiger partial charge in [-0.25, -0.2) is 0 Å². The molecule has 0 unspecified atom stereocenters. The number of allylic oxidation sites excluding steroid dienone is 3. The Morgan fingerprint density at radius 3 is 2.50 bits per heavy atom. The molecule has 0 spiro atoms. The Labute approximate surface area is 73.6 Å². The Kier molecular flexibility index (Phi) is 5.09. The average molecular weight is 168 g/mol. The molecule has 0 amide bonds. The fraction of sp³-hybridized carbons (Fsp3) is 0.500. The third-order valence-electron chi connectivity index (χ3n) is 1.63. The lowest BCUT2D eigenvalue weighted by Gasteiger charge is -2.07. The Balaban J connectivity index is 0.000000561. The molecule has 1 rings (SSSR count). The van der Waals surface area contributed by atoms with Crippen molar-refractivity contribution in [2.24, 2.45) is 0 Å². The topological polar surface area (TPSA) is 37.3 Å². The number of hydrogen-bond acceptors (Lipinski definition) is 2. The van der Waals surface area contributed by atoms with Crippen LogP contribution in [0.5, 0.6) is 0 Å². The molecular formula is C10H16O2. The monoisotopic (exact) mass is 168 g/mol. The highest BCUT2D eigenvalue weighted by molar-refractivity contribution is 6.03. The third-order valence-corrected chi connectivity index (χ3v) is 1.63. The molecule has 0 atom stereocenters. The first-order chi connectivity index (χ1) is 5.75. The van der Waals surface area contributed by atoms with Gasteiger partial charge in [-0.3, -0.25) is 4.79 Å². The van der Waals surface area contributed by atoms with E-state index in [-0.39, 0.29) is 11.5 Å². The van der Waals surface area contributed by atoms with Gasteiger partial charge in [0.25, 0.3) is 0 Å². The van der Waals surface area contributed by atoms with Gasteiger partial charge in [0.2, 0.25) is 5.78 Å². The lowest BCUT2D eigenvalue weighted by Crippen LogP contribution is -2.05. The summed E-state index contributed by atoms with van der Waals surface area (Å²) in [5, 5.41) is 9.12. The SMILES string of the molecule is CC.CCC1=C(O)C(=O)C=CC1. The summed E-state index contributed by atoms with van der Waals surface area (Å²) >= 11 is 0. The molecule has 0 saturated heterocycles. The number of carbonyl (C=O) groups is 1. The highest BCUT2D eigenvalue weighted by atomic mass is 16.3. The second-order valence-electron chi connectivity index (χ2n) is 2.28. The van der Waals surface area contributed by atoms with Crippen LogP contribution < -0.4 is 0 Å². The molecule has 0 fully saturated rings. The molecule has 1 N–H and O–H groups in total. The Morgan fingerprint density at radius 1 is 1.50 bits per heavy atom. The van der Waals surface area contributed by atoms with E-state index in [0.717, 1.165) is 12.0 Å². The molecule has 0 heterocycles. The van der Waals surface area contributed by atoms with Crippen molar-refractivity contribution in [3.63, 3.8) is 0 Å². The molecule has 0 saturated carbocycles. The number of hydrogen-bond donors (Lipinski definition) is 1. The Morgan fingerprint density at radius 2 is 2.08 bits per heavy atom. The van der Waals surface area contributed by atoms with Gasteiger partial charge in [-0.2, -0.15) is 0 Å². The standard InChI is InChI=1S/C8H10O2.C2H6/c1-2-6-4-3-5-7(9)8(6)10;1-2/h3,5,10H,2,4H2,1H3;1-2H3. The molecule has 0 radical (unpaired) electrons. The van der Waals surface area contributed by atoms with Crippen molar-refractivity contribution < 1.29 is 9.90 Å². The number of aliphatic hydroxyl groups is 1. The smallest absolute Gasteiger partial charge is 0.219 e. The van der Waals surface area contributed by atoms with E-state index in [2.05, 4.69) is 0 Å². The summed E-state index contributed by atoms with van der Waals surface area (Å²) in [6.45, 7) is 5.93. The lowest BCUT2D eigenvalue weighted by atomic mass is 10.0. The van der Waals surface area contributed by atoms with E-state index in [1.54, 1.807) is 6.08 Å². The van der Waals surface area contributed by atoms with Gasteiger partial charge < -0.3 is 5.11 Å². The quantitative estimate of drug-likeness (QED) is 0.653. The molecule has 2 nitrogen and oxygen atoms in total. The molecule has 68 valence electrons. The molecule has 0 aromatic heterocycles. The zero-order valence-electron chi connectivity index (χ0n) is 7.92. The van der Waals surface area contributed by atoms with Crippen LogP contribution in [-0.4, -0.2) is 10.9 Å². The van der Waals surface area contributed by atoms with E-state index in [1.807, 2.05) is 20.8 Å². The third kappa shape index (κ3) is 2.53. The minimum absolute atomic E-state index is 0.0509. The van der Waals surface area contributed by atoms with Gasteiger partial charge in [-0.1, -0.05) is 26.8 Å². The second-order valence-corrected chi connectivity index (χ2v) is 2.28. The normalized spacial score (nSPS) is 15.8. The summed E-state index contributed by atoms with van der Waals surface area (Å²) in [7, 11) is 0. The predicted molar refractivity (Wildman–Crippen MR) is 50.1 cm³/mol. The van der Waals surface area contributed by atoms with Crippen LogP contribution in [0.3, 0.4) is 0 Å². The van der Waals surface area contributed by atoms with Crippen molar-refractivity contribution in [2.75, 3.05) is 0 Å². The zero-order chi connectivity index (χ0) is 9.56. The Bertz CT molecular complexity index is 212. The van der Waals surface area contributed by atoms with Crippen molar-refractivity contribution in [1.29, 1.82) is 0 Å². The van der Waals surface area contributed by atoms with E-state index in [9.17, 15) is 4.79 Å². The van der Waals surface area contributed by atoms with E-state index in [0.29, 0.717) is 6.42 Å². The van der Waals surface area contributed by atoms with Gasteiger partial charge >= 0.3 is 0 Å². The molecular weight excluding hydrogens is 152 g/mol. The number of ketones is 1. The summed E-state index contributed by atoms with van der Waals surface area (Å²) in [5.74, 6) is -0.312. The second kappa shape index (κ2) is 5.58. The van der Waals surface area contributed by atoms with Crippen LogP contribution in [0.15, 0.2) is 23.5 Å². The highest BCUT2D eigenvalue weighted by Crippen LogP contribution is 2.16. The number of aliphatic hydroxyl groups excluding tert-OH is 1. The van der Waals surface area contributed by atoms with Crippen LogP contribution in [0.4, 0.5) is 0 Å². The summed E-state index contributed by atoms with van der Waals surface area (Å²) in [6.07, 6.45) is 4.66. The van der Waals surface area contributed by atoms with E-state index in [4.69, 9.17) is 5.11 Å². The molecule has 2 heteroatoms. The van der Waals surface area contributed by atoms with Crippen LogP contribution in [0.1, 0.15) is 33.6 Å². The number of rotatable bonds is 1. The van der Waals surface area contributed by atoms with Gasteiger partial charge in [-0.05, 0) is 24.5 Å². The summed E-state index contributed by atoms with van der Waals surface area (Å²) < 4.78 is 0. The van der Waals surface area contributed by atoms with E-state index >= 15 is 0 Å². The maximum atomic E-state index is 10.8. The fourth-order valence-corrected chi connectivity index (χ4v) is 0.970. The maximum Gasteiger partial charge on any atom is 0.219 e. The first kappa shape index (κ1) is 11.0. The molecule has 0 aromatic rings. The van der Waals surface area contributed by atoms with Crippen molar-refractivity contribution in [3.05, 3.63) is 23.5 Å². The van der Waals surface area contributed by atoms with Gasteiger partial charge in [0.15, 0.2) is 5.76 Å². The van der Waals surface area contributed by atoms with Crippen LogP contribution in [0, 0.1) is 0 Å². The van der Waals surface area contributed by atoms with Crippen molar-refractivity contribution >= 4 is 5.78 Å². The van der Waals surface area contributed by atoms with Crippen LogP contribution in [0.25, 0.3) is 0 Å². The minimum atomic E-state index is -0.261. The van der Waals surface area contributed by atoms with Crippen LogP contribution in [0.2, 0.25) is 0 Å². The van der Waals surface area contributed by atoms with Crippen molar-refractivity contribution in [3.8, 4) is 0 Å². The highest BCUT2D eigenvalue weighted by Gasteiger charge is 2.12. The van der Waals surface area contributed by atoms with Crippen molar-refractivity contribution in [2.45, 2.75) is 33.6 Å². The predicted octanol–water partition coefficient (Wildman–Crippen LogP) is 2.76. The molecule has 0 aromatic carbocycles. The first-order valence-electron chi connectivity index (χ1n) is 4.37. The largest absolute Gasteiger partial charge is 0.504 e. The van der Waals surface area contributed by atoms with Crippen LogP contribution >= 0.6 is 0 Å². The molecule has 0 aliphatic heterocycles. The molecule has 1 aliphatic rings. The van der Waals surface area contributed by atoms with Gasteiger partial charge in [0.05, 0.1) is 0 Å². The summed E-state index contributed by atoms with van der Waals surface area (Å²) in [5.41, 5.74) is 0.840. The van der Waals surface area contributed by atoms with E-state index in [1.165, 1.54) is 6.08 Å². The molecule has 1 aliphatic carbocycles. The Hall–Kier alpha value is -1.05. The minimum Gasteiger partial charge on any atom is -0.504 e. The van der Waals surface area contributed by atoms with Gasteiger partial charge in [-0.15, -0.1) is 0 Å². The van der Waals surface area contributed by atoms with Crippen molar-refractivity contribution in [1.82, 2.24) is 0 Å². The van der Waals surface area contributed by atoms with Gasteiger partial charge in [0.1, 0.15) is 0 Å². The van der Waals surface area contributed by atoms with Gasteiger partial charge in [0, 0.05) is 0 Å². The van der Waals surface area contributed by atoms with Crippen LogP contribution in [-0.2, 0) is 4.79 Å². The first-order valence-corrected chi connectivity index (χ1v) is 4.37. The average Bonchev–Trinajstić information content (AvgIpc) is 2.13. The summed E-state index contributed by atoms with van der Waals surface area (Å²) in [6, 6.07) is 0. The van der Waals surface area contributed by atoms with E-state index < -0.39 is 0 Å².